The molecule has 0 spiro atoms. The molecule has 1 rings (SSSR count). The first-order chi connectivity index (χ1) is 7.67. The van der Waals surface area contributed by atoms with Crippen LogP contribution in [-0.4, -0.2) is 6.54 Å². The minimum absolute atomic E-state index is 0.0749. The molecule has 1 N–H and O–H groups in total. The van der Waals surface area contributed by atoms with E-state index in [-0.39, 0.29) is 5.92 Å². The first kappa shape index (κ1) is 12.6. The number of nitrogens with zero attached hydrogens (tertiary/aromatic N) is 1. The SMILES string of the molecule is CCc1ccc(NCC(C#N)C(C)C)cc1. The number of hydrogen-bond donors (Lipinski definition) is 1. The molecule has 0 aromatic heterocycles. The number of rotatable bonds is 5. The van der Waals surface area contributed by atoms with Gasteiger partial charge in [0.1, 0.15) is 0 Å². The van der Waals surface area contributed by atoms with Crippen molar-refractivity contribution < 1.29 is 0 Å². The molecule has 0 saturated heterocycles. The lowest BCUT2D eigenvalue weighted by Crippen LogP contribution is -2.17. The summed E-state index contributed by atoms with van der Waals surface area (Å²) in [5.41, 5.74) is 2.43. The van der Waals surface area contributed by atoms with Gasteiger partial charge in [-0.1, -0.05) is 32.9 Å². The second kappa shape index (κ2) is 6.17. The highest BCUT2D eigenvalue weighted by atomic mass is 14.9. The van der Waals surface area contributed by atoms with E-state index in [4.69, 9.17) is 5.26 Å². The van der Waals surface area contributed by atoms with Crippen molar-refractivity contribution in [2.45, 2.75) is 27.2 Å². The number of aryl methyl sites for hydroxylation is 1. The summed E-state index contributed by atoms with van der Waals surface area (Å²) < 4.78 is 0. The number of nitrogens with one attached hydrogen (secondary N) is 1. The number of hydrogen-bond acceptors (Lipinski definition) is 2. The molecule has 0 radical (unpaired) electrons. The minimum Gasteiger partial charge on any atom is -0.384 e. The summed E-state index contributed by atoms with van der Waals surface area (Å²) in [6, 6.07) is 10.7. The maximum atomic E-state index is 8.97. The van der Waals surface area contributed by atoms with Crippen LogP contribution in [0.15, 0.2) is 24.3 Å². The van der Waals surface area contributed by atoms with E-state index in [0.717, 1.165) is 18.7 Å². The zero-order chi connectivity index (χ0) is 12.0. The normalized spacial score (nSPS) is 12.2. The van der Waals surface area contributed by atoms with Crippen LogP contribution in [0.2, 0.25) is 0 Å². The molecule has 2 heteroatoms. The molecule has 0 aliphatic rings. The summed E-state index contributed by atoms with van der Waals surface area (Å²) in [7, 11) is 0. The van der Waals surface area contributed by atoms with Crippen molar-refractivity contribution in [3.05, 3.63) is 29.8 Å². The van der Waals surface area contributed by atoms with Gasteiger partial charge in [0.05, 0.1) is 12.0 Å². The van der Waals surface area contributed by atoms with E-state index in [1.54, 1.807) is 0 Å². The van der Waals surface area contributed by atoms with Gasteiger partial charge in [-0.25, -0.2) is 0 Å². The van der Waals surface area contributed by atoms with Crippen molar-refractivity contribution in [3.63, 3.8) is 0 Å². The average molecular weight is 216 g/mol. The Hall–Kier alpha value is -1.49. The van der Waals surface area contributed by atoms with Crippen molar-refractivity contribution in [2.75, 3.05) is 11.9 Å². The van der Waals surface area contributed by atoms with Crippen LogP contribution in [0.3, 0.4) is 0 Å². The highest BCUT2D eigenvalue weighted by Gasteiger charge is 2.11. The van der Waals surface area contributed by atoms with Gasteiger partial charge in [0.25, 0.3) is 0 Å². The molecule has 0 heterocycles. The molecular weight excluding hydrogens is 196 g/mol. The largest absolute Gasteiger partial charge is 0.384 e. The third kappa shape index (κ3) is 3.58. The maximum Gasteiger partial charge on any atom is 0.0677 e. The molecule has 2 nitrogen and oxygen atoms in total. The maximum absolute atomic E-state index is 8.97. The van der Waals surface area contributed by atoms with Crippen LogP contribution >= 0.6 is 0 Å². The molecule has 0 saturated carbocycles. The molecule has 0 fully saturated rings. The van der Waals surface area contributed by atoms with Gasteiger partial charge in [-0.05, 0) is 30.0 Å². The highest BCUT2D eigenvalue weighted by molar-refractivity contribution is 5.44. The summed E-state index contributed by atoms with van der Waals surface area (Å²) in [5.74, 6) is 0.471. The summed E-state index contributed by atoms with van der Waals surface area (Å²) in [5, 5.41) is 12.3. The molecule has 16 heavy (non-hydrogen) atoms. The topological polar surface area (TPSA) is 35.8 Å². The van der Waals surface area contributed by atoms with Gasteiger partial charge >= 0.3 is 0 Å². The monoisotopic (exact) mass is 216 g/mol. The quantitative estimate of drug-likeness (QED) is 0.818. The first-order valence-corrected chi connectivity index (χ1v) is 5.89. The predicted molar refractivity (Wildman–Crippen MR) is 68.3 cm³/mol. The van der Waals surface area contributed by atoms with Gasteiger partial charge in [-0.3, -0.25) is 0 Å². The molecule has 0 aliphatic carbocycles. The van der Waals surface area contributed by atoms with Crippen LogP contribution in [-0.2, 0) is 6.42 Å². The van der Waals surface area contributed by atoms with Crippen LogP contribution in [0, 0.1) is 23.2 Å². The molecule has 86 valence electrons. The van der Waals surface area contributed by atoms with Crippen LogP contribution in [0.1, 0.15) is 26.3 Å². The number of benzene rings is 1. The Bertz CT molecular complexity index is 346. The lowest BCUT2D eigenvalue weighted by atomic mass is 9.97. The fourth-order valence-corrected chi connectivity index (χ4v) is 1.52. The summed E-state index contributed by atoms with van der Waals surface area (Å²) >= 11 is 0. The van der Waals surface area contributed by atoms with E-state index in [1.807, 2.05) is 0 Å². The van der Waals surface area contributed by atoms with E-state index in [1.165, 1.54) is 5.56 Å². The van der Waals surface area contributed by atoms with E-state index in [9.17, 15) is 0 Å². The Labute approximate surface area is 98.3 Å². The summed E-state index contributed by atoms with van der Waals surface area (Å²) in [4.78, 5) is 0. The fraction of sp³-hybridized carbons (Fsp3) is 0.500. The van der Waals surface area contributed by atoms with Gasteiger partial charge in [-0.15, -0.1) is 0 Å². The van der Waals surface area contributed by atoms with Crippen molar-refractivity contribution >= 4 is 5.69 Å². The highest BCUT2D eigenvalue weighted by Crippen LogP contribution is 2.13. The van der Waals surface area contributed by atoms with Crippen LogP contribution in [0.4, 0.5) is 5.69 Å². The third-order valence-corrected chi connectivity index (χ3v) is 2.86. The van der Waals surface area contributed by atoms with Gasteiger partial charge in [-0.2, -0.15) is 5.26 Å². The van der Waals surface area contributed by atoms with E-state index in [0.29, 0.717) is 5.92 Å². The average Bonchev–Trinajstić information content (AvgIpc) is 2.30. The molecule has 0 amide bonds. The molecule has 0 aliphatic heterocycles. The van der Waals surface area contributed by atoms with Gasteiger partial charge in [0.2, 0.25) is 0 Å². The molecule has 1 aromatic carbocycles. The Morgan fingerprint density at radius 1 is 1.25 bits per heavy atom. The lowest BCUT2D eigenvalue weighted by Gasteiger charge is -2.14. The Morgan fingerprint density at radius 2 is 1.88 bits per heavy atom. The molecule has 1 atom stereocenters. The Kier molecular flexibility index (Phi) is 4.85. The predicted octanol–water partition coefficient (Wildman–Crippen LogP) is 3.46. The van der Waals surface area contributed by atoms with E-state index in [2.05, 4.69) is 56.4 Å². The zero-order valence-electron chi connectivity index (χ0n) is 10.3. The molecule has 1 unspecified atom stereocenters. The van der Waals surface area contributed by atoms with Gasteiger partial charge in [0.15, 0.2) is 0 Å². The van der Waals surface area contributed by atoms with E-state index < -0.39 is 0 Å². The molecule has 1 aromatic rings. The standard InChI is InChI=1S/C14H20N2/c1-4-12-5-7-14(8-6-12)16-10-13(9-15)11(2)3/h5-8,11,13,16H,4,10H2,1-3H3. The smallest absolute Gasteiger partial charge is 0.0677 e. The number of nitriles is 1. The Balaban J connectivity index is 2.51. The first-order valence-electron chi connectivity index (χ1n) is 5.89. The van der Waals surface area contributed by atoms with Crippen LogP contribution in [0.25, 0.3) is 0 Å². The second-order valence-electron chi connectivity index (χ2n) is 4.41. The van der Waals surface area contributed by atoms with Crippen LogP contribution in [0.5, 0.6) is 0 Å². The number of anilines is 1. The third-order valence-electron chi connectivity index (χ3n) is 2.86. The van der Waals surface area contributed by atoms with E-state index >= 15 is 0 Å². The van der Waals surface area contributed by atoms with Crippen molar-refractivity contribution in [1.82, 2.24) is 0 Å². The van der Waals surface area contributed by atoms with Crippen molar-refractivity contribution in [3.8, 4) is 6.07 Å². The summed E-state index contributed by atoms with van der Waals surface area (Å²) in [6.45, 7) is 7.03. The van der Waals surface area contributed by atoms with Gasteiger partial charge < -0.3 is 5.32 Å². The van der Waals surface area contributed by atoms with Gasteiger partial charge in [0, 0.05) is 12.2 Å². The summed E-state index contributed by atoms with van der Waals surface area (Å²) in [6.07, 6.45) is 1.06. The fourth-order valence-electron chi connectivity index (χ4n) is 1.52. The Morgan fingerprint density at radius 3 is 2.31 bits per heavy atom. The van der Waals surface area contributed by atoms with Crippen LogP contribution < -0.4 is 5.32 Å². The second-order valence-corrected chi connectivity index (χ2v) is 4.41. The van der Waals surface area contributed by atoms with Crippen molar-refractivity contribution in [2.24, 2.45) is 11.8 Å². The zero-order valence-corrected chi connectivity index (χ0v) is 10.3. The molecular formula is C14H20N2. The lowest BCUT2D eigenvalue weighted by molar-refractivity contribution is 0.496. The molecule has 0 bridgehead atoms. The minimum atomic E-state index is 0.0749. The van der Waals surface area contributed by atoms with Crippen molar-refractivity contribution in [1.29, 1.82) is 5.26 Å².